The normalized spacial score (nSPS) is 14.8. The van der Waals surface area contributed by atoms with Crippen molar-refractivity contribution in [3.8, 4) is 0 Å². The van der Waals surface area contributed by atoms with Crippen LogP contribution < -0.4 is 5.32 Å². The highest BCUT2D eigenvalue weighted by atomic mass is 31.2. The number of phosphoric acid groups is 1. The largest absolute Gasteiger partial charge is 0.472 e. The Morgan fingerprint density at radius 3 is 1.41 bits per heavy atom. The molecule has 0 aliphatic rings. The number of amides is 1. The van der Waals surface area contributed by atoms with Crippen LogP contribution in [0.3, 0.4) is 0 Å². The van der Waals surface area contributed by atoms with Gasteiger partial charge in [0, 0.05) is 6.42 Å². The molecule has 8 nitrogen and oxygen atoms in total. The molecule has 0 aliphatic carbocycles. The van der Waals surface area contributed by atoms with Gasteiger partial charge >= 0.3 is 7.82 Å². The number of quaternary nitrogens is 1. The molecular formula is C50H94N2O6P+. The number of allylic oxidation sites excluding steroid dienone is 9. The highest BCUT2D eigenvalue weighted by molar-refractivity contribution is 7.47. The molecule has 0 saturated carbocycles. The lowest BCUT2D eigenvalue weighted by molar-refractivity contribution is -0.870. The summed E-state index contributed by atoms with van der Waals surface area (Å²) in [6.45, 7) is 4.76. The van der Waals surface area contributed by atoms with E-state index >= 15 is 0 Å². The fraction of sp³-hybridized carbons (Fsp3) is 0.780. The average Bonchev–Trinajstić information content (AvgIpc) is 3.19. The number of hydrogen-bond acceptors (Lipinski definition) is 5. The molecule has 344 valence electrons. The number of carbonyl (C=O) groups excluding carboxylic acids is 1. The van der Waals surface area contributed by atoms with Gasteiger partial charge < -0.3 is 19.8 Å². The van der Waals surface area contributed by atoms with Crippen LogP contribution in [0.4, 0.5) is 0 Å². The van der Waals surface area contributed by atoms with Crippen LogP contribution in [0.2, 0.25) is 0 Å². The first-order chi connectivity index (χ1) is 28.5. The molecule has 0 heterocycles. The Labute approximate surface area is 364 Å². The van der Waals surface area contributed by atoms with Crippen molar-refractivity contribution in [2.24, 2.45) is 0 Å². The van der Waals surface area contributed by atoms with Crippen LogP contribution in [0, 0.1) is 0 Å². The van der Waals surface area contributed by atoms with Gasteiger partial charge in [-0.2, -0.15) is 0 Å². The van der Waals surface area contributed by atoms with Crippen LogP contribution in [-0.2, 0) is 18.4 Å². The van der Waals surface area contributed by atoms with Gasteiger partial charge in [-0.3, -0.25) is 13.8 Å². The second-order valence-corrected chi connectivity index (χ2v) is 18.9. The number of nitrogens with one attached hydrogen (secondary N) is 1. The van der Waals surface area contributed by atoms with E-state index in [0.29, 0.717) is 17.4 Å². The zero-order valence-corrected chi connectivity index (χ0v) is 39.9. The Bertz CT molecular complexity index is 1140. The van der Waals surface area contributed by atoms with Crippen molar-refractivity contribution in [2.75, 3.05) is 40.9 Å². The fourth-order valence-corrected chi connectivity index (χ4v) is 7.36. The van der Waals surface area contributed by atoms with Crippen LogP contribution in [0.25, 0.3) is 0 Å². The van der Waals surface area contributed by atoms with E-state index in [0.717, 1.165) is 44.9 Å². The van der Waals surface area contributed by atoms with Crippen LogP contribution in [0.15, 0.2) is 60.8 Å². The Morgan fingerprint density at radius 1 is 0.576 bits per heavy atom. The maximum atomic E-state index is 12.9. The molecule has 3 atom stereocenters. The molecule has 3 N–H and O–H groups in total. The third-order valence-electron chi connectivity index (χ3n) is 10.5. The quantitative estimate of drug-likeness (QED) is 0.0244. The molecule has 0 spiro atoms. The molecule has 0 bridgehead atoms. The summed E-state index contributed by atoms with van der Waals surface area (Å²) in [5.41, 5.74) is 0. The van der Waals surface area contributed by atoms with E-state index in [4.69, 9.17) is 9.05 Å². The first-order valence-corrected chi connectivity index (χ1v) is 25.7. The van der Waals surface area contributed by atoms with Gasteiger partial charge in [0.1, 0.15) is 13.2 Å². The molecule has 1 amide bonds. The van der Waals surface area contributed by atoms with Crippen molar-refractivity contribution in [3.63, 3.8) is 0 Å². The minimum atomic E-state index is -4.36. The summed E-state index contributed by atoms with van der Waals surface area (Å²) in [6, 6.07) is -0.877. The summed E-state index contributed by atoms with van der Waals surface area (Å²) in [5.74, 6) is -0.232. The minimum Gasteiger partial charge on any atom is -0.387 e. The van der Waals surface area contributed by atoms with Gasteiger partial charge in [0.2, 0.25) is 5.91 Å². The first kappa shape index (κ1) is 57.2. The van der Waals surface area contributed by atoms with E-state index in [9.17, 15) is 19.4 Å². The fourth-order valence-electron chi connectivity index (χ4n) is 6.62. The summed E-state index contributed by atoms with van der Waals surface area (Å²) >= 11 is 0. The molecule has 0 radical (unpaired) electrons. The third kappa shape index (κ3) is 44.1. The van der Waals surface area contributed by atoms with Gasteiger partial charge in [0.05, 0.1) is 39.9 Å². The second kappa shape index (κ2) is 41.5. The lowest BCUT2D eigenvalue weighted by Crippen LogP contribution is -2.45. The predicted octanol–water partition coefficient (Wildman–Crippen LogP) is 13.8. The zero-order valence-electron chi connectivity index (χ0n) is 39.0. The van der Waals surface area contributed by atoms with E-state index in [2.05, 4.69) is 67.8 Å². The molecule has 0 aromatic carbocycles. The van der Waals surface area contributed by atoms with Crippen molar-refractivity contribution in [1.82, 2.24) is 5.32 Å². The van der Waals surface area contributed by atoms with Crippen molar-refractivity contribution in [1.29, 1.82) is 0 Å². The number of likely N-dealkylation sites (N-methyl/N-ethyl adjacent to an activating group) is 1. The number of aliphatic hydroxyl groups excluding tert-OH is 1. The molecular weight excluding hydrogens is 756 g/mol. The number of unbranched alkanes of at least 4 members (excludes halogenated alkanes) is 22. The molecule has 0 rings (SSSR count). The van der Waals surface area contributed by atoms with Gasteiger partial charge in [0.25, 0.3) is 0 Å². The Morgan fingerprint density at radius 2 is 0.966 bits per heavy atom. The second-order valence-electron chi connectivity index (χ2n) is 17.5. The Hall–Kier alpha value is -1.80. The summed E-state index contributed by atoms with van der Waals surface area (Å²) < 4.78 is 23.6. The first-order valence-electron chi connectivity index (χ1n) is 24.2. The third-order valence-corrected chi connectivity index (χ3v) is 11.5. The molecule has 0 aromatic heterocycles. The van der Waals surface area contributed by atoms with Crippen molar-refractivity contribution < 1.29 is 32.9 Å². The topological polar surface area (TPSA) is 105 Å². The summed E-state index contributed by atoms with van der Waals surface area (Å²) in [7, 11) is 1.53. The van der Waals surface area contributed by atoms with Crippen molar-refractivity contribution >= 4 is 13.7 Å². The lowest BCUT2D eigenvalue weighted by Gasteiger charge is -2.25. The highest BCUT2D eigenvalue weighted by Gasteiger charge is 2.27. The van der Waals surface area contributed by atoms with Crippen LogP contribution in [0.5, 0.6) is 0 Å². The van der Waals surface area contributed by atoms with E-state index in [-0.39, 0.29) is 25.5 Å². The molecule has 9 heteroatoms. The van der Waals surface area contributed by atoms with Gasteiger partial charge in [-0.1, -0.05) is 197 Å². The summed E-state index contributed by atoms with van der Waals surface area (Å²) in [6.07, 6.45) is 54.4. The Balaban J connectivity index is 4.48. The highest BCUT2D eigenvalue weighted by Crippen LogP contribution is 2.43. The maximum absolute atomic E-state index is 12.9. The van der Waals surface area contributed by atoms with E-state index in [1.807, 2.05) is 27.2 Å². The van der Waals surface area contributed by atoms with E-state index in [1.54, 1.807) is 6.08 Å². The minimum absolute atomic E-state index is 0.0492. The number of phosphoric ester groups is 1. The van der Waals surface area contributed by atoms with Crippen LogP contribution in [0.1, 0.15) is 200 Å². The van der Waals surface area contributed by atoms with Gasteiger partial charge in [-0.05, 0) is 57.8 Å². The average molecular weight is 850 g/mol. The summed E-state index contributed by atoms with van der Waals surface area (Å²) in [4.78, 5) is 23.1. The lowest BCUT2D eigenvalue weighted by atomic mass is 10.0. The van der Waals surface area contributed by atoms with E-state index in [1.165, 1.54) is 128 Å². The summed E-state index contributed by atoms with van der Waals surface area (Å²) in [5, 5.41) is 13.8. The van der Waals surface area contributed by atoms with Gasteiger partial charge in [-0.25, -0.2) is 4.57 Å². The number of rotatable bonds is 43. The molecule has 1 unspecified atom stereocenters. The van der Waals surface area contributed by atoms with Crippen molar-refractivity contribution in [3.05, 3.63) is 60.8 Å². The van der Waals surface area contributed by atoms with E-state index < -0.39 is 20.0 Å². The molecule has 0 aromatic rings. The molecule has 0 saturated heterocycles. The zero-order chi connectivity index (χ0) is 43.6. The van der Waals surface area contributed by atoms with Crippen molar-refractivity contribution in [2.45, 2.75) is 212 Å². The predicted molar refractivity (Wildman–Crippen MR) is 254 cm³/mol. The van der Waals surface area contributed by atoms with Crippen LogP contribution in [-0.4, -0.2) is 73.4 Å². The Kier molecular flexibility index (Phi) is 40.3. The monoisotopic (exact) mass is 850 g/mol. The molecule has 0 fully saturated rings. The molecule has 59 heavy (non-hydrogen) atoms. The van der Waals surface area contributed by atoms with Crippen LogP contribution >= 0.6 is 7.82 Å². The maximum Gasteiger partial charge on any atom is 0.472 e. The number of aliphatic hydroxyl groups is 1. The smallest absolute Gasteiger partial charge is 0.387 e. The molecule has 0 aliphatic heterocycles. The van der Waals surface area contributed by atoms with Gasteiger partial charge in [-0.15, -0.1) is 0 Å². The van der Waals surface area contributed by atoms with Gasteiger partial charge in [0.15, 0.2) is 0 Å². The number of hydrogen-bond donors (Lipinski definition) is 3. The SMILES string of the molecule is CCCCCCCCC/C=C/C/C=C/C/C=C/C/C=C/CCCC(=O)N[C@@H](COP(=O)(O)OCC[N+](C)(C)C)[C@H](O)/C=C/CCCCCCCCCCCCCCCC. The number of nitrogens with zero attached hydrogens (tertiary/aromatic N) is 1. The number of carbonyl (C=O) groups is 1. The standard InChI is InChI=1S/C50H93N2O6P/c1-6-8-10-12-14-16-18-20-22-24-25-26-27-28-30-32-34-36-38-40-42-44-50(54)51-48(47-58-59(55,56)57-46-45-52(3,4)5)49(53)43-41-39-37-35-33-31-29-23-21-19-17-15-13-11-9-7-2/h22,24,26-27,30,32,36,38,41,43,48-49,53H,6-21,23,25,28-29,31,33-35,37,39-40,42,44-47H2,1-5H3,(H-,51,54,55,56)/p+1/b24-22+,27-26+,32-30+,38-36+,43-41+/t48-,49+/m0/s1.